The molecule has 0 unspecified atom stereocenters. The molecular weight excluding hydrogens is 458 g/mol. The van der Waals surface area contributed by atoms with Crippen LogP contribution >= 0.6 is 0 Å². The van der Waals surface area contributed by atoms with Crippen LogP contribution in [0.3, 0.4) is 0 Å². The van der Waals surface area contributed by atoms with E-state index in [1.807, 2.05) is 36.4 Å². The zero-order valence-corrected chi connectivity index (χ0v) is 21.8. The summed E-state index contributed by atoms with van der Waals surface area (Å²) in [5.74, 6) is -0.903. The minimum atomic E-state index is -3.61. The Hall–Kier alpha value is -2.04. The lowest BCUT2D eigenvalue weighted by Gasteiger charge is -2.40. The van der Waals surface area contributed by atoms with Gasteiger partial charge in [0.1, 0.15) is 12.2 Å². The molecule has 2 atom stereocenters. The van der Waals surface area contributed by atoms with Gasteiger partial charge in [0.15, 0.2) is 5.79 Å². The largest absolute Gasteiger partial charge is 0.443 e. The van der Waals surface area contributed by atoms with Gasteiger partial charge in [-0.1, -0.05) is 81.4 Å². The van der Waals surface area contributed by atoms with Crippen molar-refractivity contribution in [1.29, 1.82) is 0 Å². The van der Waals surface area contributed by atoms with Crippen LogP contribution in [0.1, 0.15) is 34.6 Å². The van der Waals surface area contributed by atoms with Gasteiger partial charge >= 0.3 is 8.32 Å². The highest BCUT2D eigenvalue weighted by Gasteiger charge is 2.53. The van der Waals surface area contributed by atoms with Gasteiger partial charge in [-0.2, -0.15) is 8.42 Å². The number of hydrogen-bond acceptors (Lipinski definition) is 7. The summed E-state index contributed by atoms with van der Waals surface area (Å²) in [6.45, 7) is 9.84. The fraction of sp³-hybridized carbons (Fsp3) is 0.458. The Kier molecular flexibility index (Phi) is 7.50. The minimum absolute atomic E-state index is 0.168. The maximum Gasteiger partial charge on any atom is 0.354 e. The first-order valence-corrected chi connectivity index (χ1v) is 14.6. The third-order valence-corrected chi connectivity index (χ3v) is 10.8. The van der Waals surface area contributed by atoms with Gasteiger partial charge in [0, 0.05) is 5.04 Å². The highest BCUT2D eigenvalue weighted by molar-refractivity contribution is 7.85. The Balaban J connectivity index is 1.95. The highest BCUT2D eigenvalue weighted by atomic mass is 32.2. The van der Waals surface area contributed by atoms with Gasteiger partial charge in [0.2, 0.25) is 0 Å². The maximum atomic E-state index is 11.5. The van der Waals surface area contributed by atoms with Crippen molar-refractivity contribution in [3.63, 3.8) is 0 Å². The van der Waals surface area contributed by atoms with Crippen molar-refractivity contribution in [2.75, 3.05) is 12.9 Å². The van der Waals surface area contributed by atoms with E-state index >= 15 is 0 Å². The van der Waals surface area contributed by atoms with Crippen LogP contribution in [0.5, 0.6) is 0 Å². The van der Waals surface area contributed by atoms with Crippen molar-refractivity contribution >= 4 is 35.0 Å². The molecule has 9 heteroatoms. The van der Waals surface area contributed by atoms with E-state index in [2.05, 4.69) is 50.2 Å². The molecule has 33 heavy (non-hydrogen) atoms. The minimum Gasteiger partial charge on any atom is -0.443 e. The summed E-state index contributed by atoms with van der Waals surface area (Å²) < 4.78 is 46.1. The van der Waals surface area contributed by atoms with Crippen molar-refractivity contribution in [2.24, 2.45) is 5.16 Å². The summed E-state index contributed by atoms with van der Waals surface area (Å²) >= 11 is 0. The summed E-state index contributed by atoms with van der Waals surface area (Å²) in [6, 6.07) is 20.3. The molecule has 0 N–H and O–H groups in total. The molecule has 1 heterocycles. The molecule has 0 saturated carbocycles. The lowest BCUT2D eigenvalue weighted by atomic mass is 10.2. The van der Waals surface area contributed by atoms with E-state index in [0.29, 0.717) is 0 Å². The fourth-order valence-corrected chi connectivity index (χ4v) is 8.57. The van der Waals surface area contributed by atoms with Crippen molar-refractivity contribution in [2.45, 2.75) is 57.7 Å². The van der Waals surface area contributed by atoms with E-state index in [-0.39, 0.29) is 11.6 Å². The molecule has 1 aliphatic heterocycles. The predicted octanol–water partition coefficient (Wildman–Crippen LogP) is 3.05. The number of benzene rings is 2. The monoisotopic (exact) mass is 491 g/mol. The van der Waals surface area contributed by atoms with Gasteiger partial charge < -0.3 is 14.0 Å². The first kappa shape index (κ1) is 25.6. The fourth-order valence-electron chi connectivity index (χ4n) is 4.10. The van der Waals surface area contributed by atoms with Crippen LogP contribution in [0.2, 0.25) is 5.04 Å². The lowest BCUT2D eigenvalue weighted by molar-refractivity contribution is -0.144. The van der Waals surface area contributed by atoms with E-state index in [0.717, 1.165) is 16.6 Å². The van der Waals surface area contributed by atoms with E-state index in [1.54, 1.807) is 20.1 Å². The summed E-state index contributed by atoms with van der Waals surface area (Å²) in [7, 11) is -6.46. The second kappa shape index (κ2) is 9.67. The number of nitrogens with zero attached hydrogens (tertiary/aromatic N) is 1. The maximum absolute atomic E-state index is 11.5. The topological polar surface area (TPSA) is 83.4 Å². The zero-order chi connectivity index (χ0) is 24.3. The van der Waals surface area contributed by atoms with E-state index < -0.39 is 36.4 Å². The van der Waals surface area contributed by atoms with Crippen LogP contribution < -0.4 is 10.4 Å². The van der Waals surface area contributed by atoms with E-state index in [4.69, 9.17) is 18.2 Å². The van der Waals surface area contributed by atoms with Crippen LogP contribution in [-0.4, -0.2) is 53.8 Å². The van der Waals surface area contributed by atoms with Crippen molar-refractivity contribution in [3.8, 4) is 0 Å². The summed E-state index contributed by atoms with van der Waals surface area (Å²) in [4.78, 5) is 0. The highest BCUT2D eigenvalue weighted by Crippen LogP contribution is 2.37. The van der Waals surface area contributed by atoms with Gasteiger partial charge in [-0.05, 0) is 24.2 Å². The first-order chi connectivity index (χ1) is 15.3. The average molecular weight is 492 g/mol. The molecule has 3 rings (SSSR count). The third kappa shape index (κ3) is 6.10. The van der Waals surface area contributed by atoms with Gasteiger partial charge in [0.05, 0.1) is 19.1 Å². The van der Waals surface area contributed by atoms with Crippen LogP contribution in [0.25, 0.3) is 0 Å². The molecule has 7 nitrogen and oxygen atoms in total. The molecule has 0 aliphatic carbocycles. The molecule has 2 aromatic rings. The van der Waals surface area contributed by atoms with Crippen molar-refractivity contribution in [1.82, 2.24) is 0 Å². The molecule has 0 radical (unpaired) electrons. The zero-order valence-electron chi connectivity index (χ0n) is 20.0. The SMILES string of the molecule is CC1(C)O[C@@H](C=NO[Si](c2ccccc2)(c2ccccc2)C(C)(C)C)[C@@H](COS(C)(=O)=O)O1. The Bertz CT molecular complexity index is 1010. The number of ether oxygens (including phenoxy) is 2. The van der Waals surface area contributed by atoms with E-state index in [9.17, 15) is 8.42 Å². The molecule has 2 aromatic carbocycles. The van der Waals surface area contributed by atoms with Crippen LogP contribution in [0, 0.1) is 0 Å². The lowest BCUT2D eigenvalue weighted by Crippen LogP contribution is -2.65. The molecule has 0 spiro atoms. The normalized spacial score (nSPS) is 21.4. The Morgan fingerprint density at radius 1 is 1.00 bits per heavy atom. The Morgan fingerprint density at radius 2 is 1.52 bits per heavy atom. The van der Waals surface area contributed by atoms with Gasteiger partial charge in [-0.3, -0.25) is 4.18 Å². The number of hydrogen-bond donors (Lipinski definition) is 0. The number of oxime groups is 1. The Morgan fingerprint density at radius 3 is 1.97 bits per heavy atom. The summed E-state index contributed by atoms with van der Waals surface area (Å²) in [5, 5.41) is 6.39. The smallest absolute Gasteiger partial charge is 0.354 e. The Labute approximate surface area is 198 Å². The molecule has 1 fully saturated rings. The molecule has 0 bridgehead atoms. The van der Waals surface area contributed by atoms with Crippen molar-refractivity contribution in [3.05, 3.63) is 60.7 Å². The van der Waals surface area contributed by atoms with E-state index in [1.165, 1.54) is 0 Å². The van der Waals surface area contributed by atoms with Gasteiger partial charge in [0.25, 0.3) is 10.1 Å². The third-order valence-electron chi connectivity index (χ3n) is 5.48. The quantitative estimate of drug-likeness (QED) is 0.244. The molecule has 1 saturated heterocycles. The molecule has 180 valence electrons. The first-order valence-electron chi connectivity index (χ1n) is 10.9. The average Bonchev–Trinajstić information content (AvgIpc) is 3.03. The predicted molar refractivity (Wildman–Crippen MR) is 132 cm³/mol. The van der Waals surface area contributed by atoms with Crippen LogP contribution in [-0.2, 0) is 28.3 Å². The second-order valence-electron chi connectivity index (χ2n) is 9.64. The van der Waals surface area contributed by atoms with Gasteiger partial charge in [-0.25, -0.2) is 0 Å². The second-order valence-corrected chi connectivity index (χ2v) is 15.5. The summed E-state index contributed by atoms with van der Waals surface area (Å²) in [6.07, 6.45) is 1.29. The molecule has 1 aliphatic rings. The molecule has 0 aromatic heterocycles. The van der Waals surface area contributed by atoms with Crippen molar-refractivity contribution < 1.29 is 26.6 Å². The molecule has 0 amide bonds. The summed E-state index contributed by atoms with van der Waals surface area (Å²) in [5.41, 5.74) is 0. The molecular formula is C24H33NO6SSi. The standard InChI is InChI=1S/C24H33NO6SSi/c1-23(2,3)33(19-13-9-7-10-14-19,20-15-11-8-12-16-20)31-25-17-21-22(18-28-32(6,26)27)30-24(4,5)29-21/h7-17,21-22H,18H2,1-6H3/t21-,22+/m0/s1. The van der Waals surface area contributed by atoms with Crippen LogP contribution in [0.4, 0.5) is 0 Å². The van der Waals surface area contributed by atoms with Gasteiger partial charge in [-0.15, -0.1) is 5.16 Å². The van der Waals surface area contributed by atoms with Crippen LogP contribution in [0.15, 0.2) is 65.8 Å². The number of rotatable bonds is 8.